The second kappa shape index (κ2) is 8.32. The molecule has 1 aliphatic rings. The van der Waals surface area contributed by atoms with Gasteiger partial charge >= 0.3 is 0 Å². The largest absolute Gasteiger partial charge is 0.507 e. The van der Waals surface area contributed by atoms with Crippen molar-refractivity contribution in [1.82, 2.24) is 0 Å². The fourth-order valence-electron chi connectivity index (χ4n) is 3.65. The van der Waals surface area contributed by atoms with Gasteiger partial charge in [0.25, 0.3) is 11.7 Å². The number of Topliss-reactive ketones (excluding diaryl/α,β-unsaturated/α-hetero) is 1. The minimum Gasteiger partial charge on any atom is -0.507 e. The topological polar surface area (TPSA) is 80.0 Å². The Morgan fingerprint density at radius 1 is 1.13 bits per heavy atom. The summed E-state index contributed by atoms with van der Waals surface area (Å²) in [5, 5.41) is 11.5. The minimum atomic E-state index is -0.942. The van der Waals surface area contributed by atoms with Gasteiger partial charge in [-0.2, -0.15) is 0 Å². The average molecular weight is 438 g/mol. The fourth-order valence-corrected chi connectivity index (χ4v) is 3.83. The van der Waals surface area contributed by atoms with E-state index in [1.807, 2.05) is 6.92 Å². The fraction of sp³-hybridized carbons (Fsp3) is 0.167. The van der Waals surface area contributed by atoms with Crippen molar-refractivity contribution in [3.63, 3.8) is 0 Å². The van der Waals surface area contributed by atoms with Crippen LogP contribution in [0.3, 0.4) is 0 Å². The molecule has 4 rings (SSSR count). The summed E-state index contributed by atoms with van der Waals surface area (Å²) in [7, 11) is 0. The molecular weight excluding hydrogens is 418 g/mol. The van der Waals surface area contributed by atoms with E-state index in [0.717, 1.165) is 0 Å². The lowest BCUT2D eigenvalue weighted by atomic mass is 9.99. The number of rotatable bonds is 5. The molecule has 6 nitrogen and oxygen atoms in total. The highest BCUT2D eigenvalue weighted by Crippen LogP contribution is 2.43. The van der Waals surface area contributed by atoms with E-state index >= 15 is 0 Å². The van der Waals surface area contributed by atoms with Gasteiger partial charge in [0.15, 0.2) is 0 Å². The smallest absolute Gasteiger partial charge is 0.300 e. The monoisotopic (exact) mass is 437 g/mol. The van der Waals surface area contributed by atoms with Crippen LogP contribution in [0, 0.1) is 6.92 Å². The van der Waals surface area contributed by atoms with Crippen LogP contribution in [-0.2, 0) is 9.59 Å². The molecule has 7 heteroatoms. The summed E-state index contributed by atoms with van der Waals surface area (Å²) in [5.41, 5.74) is 0.729. The van der Waals surface area contributed by atoms with Crippen LogP contribution in [-0.4, -0.2) is 23.4 Å². The number of carbonyl (C=O) groups is 2. The Kier molecular flexibility index (Phi) is 5.57. The normalized spacial score (nSPS) is 17.9. The lowest BCUT2D eigenvalue weighted by molar-refractivity contribution is -0.132. The van der Waals surface area contributed by atoms with Crippen molar-refractivity contribution in [3.05, 3.63) is 88.3 Å². The maximum atomic E-state index is 13.1. The van der Waals surface area contributed by atoms with Crippen molar-refractivity contribution < 1.29 is 23.8 Å². The molecule has 0 aliphatic carbocycles. The summed E-state index contributed by atoms with van der Waals surface area (Å²) in [5.74, 6) is -0.365. The van der Waals surface area contributed by atoms with Crippen LogP contribution < -0.4 is 9.64 Å². The van der Waals surface area contributed by atoms with E-state index in [1.165, 1.54) is 4.90 Å². The molecule has 1 unspecified atom stereocenters. The van der Waals surface area contributed by atoms with Crippen LogP contribution in [0.25, 0.3) is 5.76 Å². The van der Waals surface area contributed by atoms with E-state index in [0.29, 0.717) is 40.2 Å². The van der Waals surface area contributed by atoms with Crippen LogP contribution in [0.2, 0.25) is 5.02 Å². The van der Waals surface area contributed by atoms with Gasteiger partial charge in [0.05, 0.1) is 12.2 Å². The van der Waals surface area contributed by atoms with Crippen molar-refractivity contribution in [2.45, 2.75) is 19.9 Å². The zero-order valence-electron chi connectivity index (χ0n) is 17.0. The average Bonchev–Trinajstić information content (AvgIpc) is 3.29. The second-order valence-electron chi connectivity index (χ2n) is 7.06. The molecular formula is C24H20ClNO5. The number of carbonyl (C=O) groups excluding carboxylic acids is 2. The van der Waals surface area contributed by atoms with Gasteiger partial charge < -0.3 is 14.3 Å². The molecule has 1 saturated heterocycles. The number of halogens is 1. The molecule has 1 aliphatic heterocycles. The Hall–Kier alpha value is -3.51. The number of anilines is 1. The summed E-state index contributed by atoms with van der Waals surface area (Å²) in [6.07, 6.45) is 0. The van der Waals surface area contributed by atoms with E-state index in [9.17, 15) is 14.7 Å². The Labute approximate surface area is 184 Å². The first-order valence-electron chi connectivity index (χ1n) is 9.77. The quantitative estimate of drug-likeness (QED) is 0.334. The molecule has 0 saturated carbocycles. The number of hydrogen-bond donors (Lipinski definition) is 1. The van der Waals surface area contributed by atoms with E-state index in [-0.39, 0.29) is 11.3 Å². The highest BCUT2D eigenvalue weighted by molar-refractivity contribution is 6.51. The van der Waals surface area contributed by atoms with E-state index in [2.05, 4.69) is 0 Å². The number of amides is 1. The zero-order valence-corrected chi connectivity index (χ0v) is 17.7. The van der Waals surface area contributed by atoms with E-state index in [1.54, 1.807) is 67.6 Å². The SMILES string of the molecule is CCOc1cccc(/C(O)=C2/C(=O)C(=O)N(c3cccc(Cl)c3)C2c2ccc(C)o2)c1. The molecule has 3 aromatic rings. The highest BCUT2D eigenvalue weighted by Gasteiger charge is 2.48. The van der Waals surface area contributed by atoms with Crippen LogP contribution in [0.4, 0.5) is 5.69 Å². The third-order valence-electron chi connectivity index (χ3n) is 4.98. The molecule has 0 bridgehead atoms. The van der Waals surface area contributed by atoms with Gasteiger partial charge in [0.1, 0.15) is 29.1 Å². The van der Waals surface area contributed by atoms with Crippen LogP contribution >= 0.6 is 11.6 Å². The highest BCUT2D eigenvalue weighted by atomic mass is 35.5. The molecule has 1 fully saturated rings. The summed E-state index contributed by atoms with van der Waals surface area (Å²) >= 11 is 6.13. The Morgan fingerprint density at radius 2 is 1.90 bits per heavy atom. The molecule has 31 heavy (non-hydrogen) atoms. The predicted molar refractivity (Wildman–Crippen MR) is 117 cm³/mol. The summed E-state index contributed by atoms with van der Waals surface area (Å²) in [4.78, 5) is 27.4. The van der Waals surface area contributed by atoms with Gasteiger partial charge in [-0.25, -0.2) is 0 Å². The van der Waals surface area contributed by atoms with Crippen molar-refractivity contribution in [1.29, 1.82) is 0 Å². The van der Waals surface area contributed by atoms with Gasteiger partial charge in [0.2, 0.25) is 0 Å². The molecule has 1 atom stereocenters. The minimum absolute atomic E-state index is 0.0621. The van der Waals surface area contributed by atoms with Crippen molar-refractivity contribution in [2.75, 3.05) is 11.5 Å². The second-order valence-corrected chi connectivity index (χ2v) is 7.49. The molecule has 0 radical (unpaired) electrons. The first-order valence-corrected chi connectivity index (χ1v) is 10.1. The number of aryl methyl sites for hydroxylation is 1. The first-order chi connectivity index (χ1) is 14.9. The van der Waals surface area contributed by atoms with Gasteiger partial charge in [0, 0.05) is 16.3 Å². The third kappa shape index (κ3) is 3.82. The maximum absolute atomic E-state index is 13.1. The lowest BCUT2D eigenvalue weighted by Gasteiger charge is -2.23. The van der Waals surface area contributed by atoms with Crippen LogP contribution in [0.1, 0.15) is 30.0 Å². The molecule has 158 valence electrons. The Bertz CT molecular complexity index is 1200. The number of furan rings is 1. The third-order valence-corrected chi connectivity index (χ3v) is 5.22. The van der Waals surface area contributed by atoms with Crippen LogP contribution in [0.15, 0.2) is 70.7 Å². The Morgan fingerprint density at radius 3 is 2.58 bits per heavy atom. The lowest BCUT2D eigenvalue weighted by Crippen LogP contribution is -2.29. The van der Waals surface area contributed by atoms with Crippen molar-refractivity contribution in [2.24, 2.45) is 0 Å². The number of ketones is 1. The molecule has 1 amide bonds. The maximum Gasteiger partial charge on any atom is 0.300 e. The van der Waals surface area contributed by atoms with Crippen molar-refractivity contribution >= 4 is 34.7 Å². The molecule has 0 spiro atoms. The van der Waals surface area contributed by atoms with Gasteiger partial charge in [-0.1, -0.05) is 29.8 Å². The number of ether oxygens (including phenoxy) is 1. The number of aliphatic hydroxyl groups is 1. The van der Waals surface area contributed by atoms with Gasteiger partial charge in [-0.05, 0) is 56.3 Å². The summed E-state index contributed by atoms with van der Waals surface area (Å²) in [6, 6.07) is 15.8. The summed E-state index contributed by atoms with van der Waals surface area (Å²) in [6.45, 7) is 4.07. The number of aliphatic hydroxyl groups excluding tert-OH is 1. The molecule has 1 aromatic heterocycles. The number of benzene rings is 2. The Balaban J connectivity index is 1.91. The van der Waals surface area contributed by atoms with Gasteiger partial charge in [-0.15, -0.1) is 0 Å². The van der Waals surface area contributed by atoms with Gasteiger partial charge in [-0.3, -0.25) is 14.5 Å². The van der Waals surface area contributed by atoms with Crippen LogP contribution in [0.5, 0.6) is 5.75 Å². The molecule has 2 aromatic carbocycles. The summed E-state index contributed by atoms with van der Waals surface area (Å²) < 4.78 is 11.3. The van der Waals surface area contributed by atoms with E-state index < -0.39 is 17.7 Å². The standard InChI is InChI=1S/C24H20ClNO5/c1-3-30-18-9-4-6-15(12-18)22(27)20-21(19-11-10-14(2)31-19)26(24(29)23(20)28)17-8-5-7-16(25)13-17/h4-13,21,27H,3H2,1-2H3/b22-20-. The number of hydrogen-bond acceptors (Lipinski definition) is 5. The first kappa shape index (κ1) is 20.8. The zero-order chi connectivity index (χ0) is 22.1. The molecule has 2 heterocycles. The predicted octanol–water partition coefficient (Wildman–Crippen LogP) is 5.27. The van der Waals surface area contributed by atoms with E-state index in [4.69, 9.17) is 20.8 Å². The van der Waals surface area contributed by atoms with Crippen molar-refractivity contribution in [3.8, 4) is 5.75 Å². The molecule has 1 N–H and O–H groups in total. The number of nitrogens with zero attached hydrogens (tertiary/aromatic N) is 1.